The summed E-state index contributed by atoms with van der Waals surface area (Å²) in [5, 5.41) is 4.99. The lowest BCUT2D eigenvalue weighted by Crippen LogP contribution is -2.18. The van der Waals surface area contributed by atoms with Gasteiger partial charge in [-0.1, -0.05) is 30.3 Å². The van der Waals surface area contributed by atoms with Crippen LogP contribution >= 0.6 is 0 Å². The summed E-state index contributed by atoms with van der Waals surface area (Å²) in [7, 11) is 1.64. The highest BCUT2D eigenvalue weighted by Gasteiger charge is 2.08. The third kappa shape index (κ3) is 3.95. The van der Waals surface area contributed by atoms with E-state index in [0.717, 1.165) is 17.7 Å². The maximum Gasteiger partial charge on any atom is 0.219 e. The second kappa shape index (κ2) is 7.64. The van der Waals surface area contributed by atoms with Gasteiger partial charge in [-0.05, 0) is 36.2 Å². The van der Waals surface area contributed by atoms with Gasteiger partial charge in [0.05, 0.1) is 6.61 Å². The largest absolute Gasteiger partial charge is 0.493 e. The summed E-state index contributed by atoms with van der Waals surface area (Å²) in [6.45, 7) is 1.12. The molecule has 0 radical (unpaired) electrons. The van der Waals surface area contributed by atoms with E-state index in [1.807, 2.05) is 18.2 Å². The predicted molar refractivity (Wildman–Crippen MR) is 85.5 cm³/mol. The summed E-state index contributed by atoms with van der Waals surface area (Å²) in [6, 6.07) is 12.3. The van der Waals surface area contributed by atoms with Crippen LogP contribution in [-0.4, -0.2) is 26.1 Å². The number of ether oxygens (including phenoxy) is 1. The van der Waals surface area contributed by atoms with Crippen LogP contribution in [0.5, 0.6) is 5.75 Å². The number of carbonyl (C=O) groups excluding carboxylic acids is 1. The van der Waals surface area contributed by atoms with E-state index < -0.39 is 0 Å². The second-order valence-corrected chi connectivity index (χ2v) is 4.93. The lowest BCUT2D eigenvalue weighted by molar-refractivity contribution is -0.120. The van der Waals surface area contributed by atoms with Gasteiger partial charge in [0.25, 0.3) is 0 Å². The van der Waals surface area contributed by atoms with Crippen molar-refractivity contribution in [3.8, 4) is 5.75 Å². The van der Waals surface area contributed by atoms with Crippen LogP contribution in [0.1, 0.15) is 18.4 Å². The van der Waals surface area contributed by atoms with Crippen LogP contribution in [-0.2, 0) is 11.2 Å². The number of nitrogens with two attached hydrogens (primary N) is 1. The number of carbonyl (C=O) groups is 1. The Morgan fingerprint density at radius 2 is 2.05 bits per heavy atom. The van der Waals surface area contributed by atoms with E-state index in [1.165, 1.54) is 10.8 Å². The summed E-state index contributed by atoms with van der Waals surface area (Å²) < 4.78 is 5.86. The first-order valence-electron chi connectivity index (χ1n) is 7.30. The van der Waals surface area contributed by atoms with Gasteiger partial charge in [-0.3, -0.25) is 4.79 Å². The Morgan fingerprint density at radius 1 is 1.24 bits per heavy atom. The van der Waals surface area contributed by atoms with Crippen molar-refractivity contribution in [3.05, 3.63) is 42.0 Å². The third-order valence-electron chi connectivity index (χ3n) is 3.48. The summed E-state index contributed by atoms with van der Waals surface area (Å²) in [5.41, 5.74) is 6.87. The molecule has 0 aromatic heterocycles. The zero-order valence-electron chi connectivity index (χ0n) is 12.4. The SMILES string of the molecule is CNC(=O)CCCOc1ccc2ccccc2c1CCN. The van der Waals surface area contributed by atoms with Gasteiger partial charge in [0.1, 0.15) is 5.75 Å². The predicted octanol–water partition coefficient (Wildman–Crippen LogP) is 2.25. The smallest absolute Gasteiger partial charge is 0.219 e. The number of rotatable bonds is 7. The molecule has 0 saturated heterocycles. The Bertz CT molecular complexity index is 611. The quantitative estimate of drug-likeness (QED) is 0.767. The Morgan fingerprint density at radius 3 is 2.81 bits per heavy atom. The first kappa shape index (κ1) is 15.3. The summed E-state index contributed by atoms with van der Waals surface area (Å²) in [5.74, 6) is 0.912. The highest BCUT2D eigenvalue weighted by molar-refractivity contribution is 5.87. The first-order valence-corrected chi connectivity index (χ1v) is 7.30. The molecular weight excluding hydrogens is 264 g/mol. The minimum absolute atomic E-state index is 0.0410. The molecule has 0 aliphatic heterocycles. The van der Waals surface area contributed by atoms with Gasteiger partial charge < -0.3 is 15.8 Å². The third-order valence-corrected chi connectivity index (χ3v) is 3.48. The number of hydrogen-bond acceptors (Lipinski definition) is 3. The molecule has 0 saturated carbocycles. The van der Waals surface area contributed by atoms with E-state index in [0.29, 0.717) is 26.0 Å². The topological polar surface area (TPSA) is 64.3 Å². The monoisotopic (exact) mass is 286 g/mol. The highest BCUT2D eigenvalue weighted by Crippen LogP contribution is 2.28. The van der Waals surface area contributed by atoms with Crippen LogP contribution in [0.4, 0.5) is 0 Å². The van der Waals surface area contributed by atoms with Crippen molar-refractivity contribution in [1.29, 1.82) is 0 Å². The fourth-order valence-corrected chi connectivity index (χ4v) is 2.39. The average molecular weight is 286 g/mol. The molecule has 1 amide bonds. The van der Waals surface area contributed by atoms with E-state index >= 15 is 0 Å². The maximum atomic E-state index is 11.2. The van der Waals surface area contributed by atoms with Crippen LogP contribution in [0, 0.1) is 0 Å². The number of amides is 1. The molecule has 21 heavy (non-hydrogen) atoms. The van der Waals surface area contributed by atoms with Crippen molar-refractivity contribution >= 4 is 16.7 Å². The number of fused-ring (bicyclic) bond motifs is 1. The van der Waals surface area contributed by atoms with Gasteiger partial charge in [-0.15, -0.1) is 0 Å². The van der Waals surface area contributed by atoms with Crippen LogP contribution in [0.15, 0.2) is 36.4 Å². The minimum Gasteiger partial charge on any atom is -0.493 e. The van der Waals surface area contributed by atoms with Crippen LogP contribution in [0.25, 0.3) is 10.8 Å². The molecule has 0 bridgehead atoms. The highest BCUT2D eigenvalue weighted by atomic mass is 16.5. The number of nitrogens with one attached hydrogen (secondary N) is 1. The van der Waals surface area contributed by atoms with Crippen molar-refractivity contribution in [2.75, 3.05) is 20.2 Å². The van der Waals surface area contributed by atoms with Crippen molar-refractivity contribution in [2.45, 2.75) is 19.3 Å². The van der Waals surface area contributed by atoms with Crippen molar-refractivity contribution in [2.24, 2.45) is 5.73 Å². The van der Waals surface area contributed by atoms with Gasteiger partial charge in [0.2, 0.25) is 5.91 Å². The van der Waals surface area contributed by atoms with Crippen LogP contribution in [0.3, 0.4) is 0 Å². The fourth-order valence-electron chi connectivity index (χ4n) is 2.39. The molecule has 2 rings (SSSR count). The number of hydrogen-bond donors (Lipinski definition) is 2. The van der Waals surface area contributed by atoms with Gasteiger partial charge in [-0.2, -0.15) is 0 Å². The number of benzene rings is 2. The van der Waals surface area contributed by atoms with Gasteiger partial charge in [0, 0.05) is 19.0 Å². The molecule has 0 atom stereocenters. The molecule has 3 N–H and O–H groups in total. The molecule has 0 aliphatic rings. The summed E-state index contributed by atoms with van der Waals surface area (Å²) in [4.78, 5) is 11.2. The molecule has 0 unspecified atom stereocenters. The Hall–Kier alpha value is -2.07. The van der Waals surface area contributed by atoms with Crippen molar-refractivity contribution in [1.82, 2.24) is 5.32 Å². The molecule has 4 nitrogen and oxygen atoms in total. The first-order chi connectivity index (χ1) is 10.3. The molecule has 4 heteroatoms. The Balaban J connectivity index is 2.11. The molecule has 112 valence electrons. The second-order valence-electron chi connectivity index (χ2n) is 4.93. The van der Waals surface area contributed by atoms with Crippen LogP contribution in [0.2, 0.25) is 0 Å². The molecule has 0 heterocycles. The molecular formula is C17H22N2O2. The Labute approximate surface area is 125 Å². The van der Waals surface area contributed by atoms with E-state index in [1.54, 1.807) is 7.05 Å². The molecule has 0 fully saturated rings. The minimum atomic E-state index is 0.0410. The zero-order chi connectivity index (χ0) is 15.1. The van der Waals surface area contributed by atoms with Crippen molar-refractivity contribution < 1.29 is 9.53 Å². The molecule has 0 spiro atoms. The van der Waals surface area contributed by atoms with Gasteiger partial charge in [-0.25, -0.2) is 0 Å². The van der Waals surface area contributed by atoms with Crippen molar-refractivity contribution in [3.63, 3.8) is 0 Å². The van der Waals surface area contributed by atoms with E-state index in [4.69, 9.17) is 10.5 Å². The van der Waals surface area contributed by atoms with Gasteiger partial charge >= 0.3 is 0 Å². The molecule has 0 aliphatic carbocycles. The lowest BCUT2D eigenvalue weighted by atomic mass is 10.0. The standard InChI is InChI=1S/C17H22N2O2/c1-19-17(20)7-4-12-21-16-9-8-13-5-2-3-6-14(13)15(16)10-11-18/h2-3,5-6,8-9H,4,7,10-12,18H2,1H3,(H,19,20). The lowest BCUT2D eigenvalue weighted by Gasteiger charge is -2.13. The van der Waals surface area contributed by atoms with E-state index in [9.17, 15) is 4.79 Å². The van der Waals surface area contributed by atoms with E-state index in [2.05, 4.69) is 23.5 Å². The average Bonchev–Trinajstić information content (AvgIpc) is 2.53. The Kier molecular flexibility index (Phi) is 5.58. The zero-order valence-corrected chi connectivity index (χ0v) is 12.4. The summed E-state index contributed by atoms with van der Waals surface area (Å²) in [6.07, 6.45) is 1.97. The normalized spacial score (nSPS) is 10.6. The summed E-state index contributed by atoms with van der Waals surface area (Å²) >= 11 is 0. The van der Waals surface area contributed by atoms with Gasteiger partial charge in [0.15, 0.2) is 0 Å². The molecule has 2 aromatic rings. The fraction of sp³-hybridized carbons (Fsp3) is 0.353. The maximum absolute atomic E-state index is 11.2. The molecule has 2 aromatic carbocycles. The van der Waals surface area contributed by atoms with Crippen LogP contribution < -0.4 is 15.8 Å². The van der Waals surface area contributed by atoms with E-state index in [-0.39, 0.29) is 5.91 Å².